The molecule has 0 aliphatic carbocycles. The number of hydrogen-bond acceptors (Lipinski definition) is 3. The summed E-state index contributed by atoms with van der Waals surface area (Å²) >= 11 is 3.36. The fourth-order valence-corrected chi connectivity index (χ4v) is 2.33. The quantitative estimate of drug-likeness (QED) is 0.633. The van der Waals surface area contributed by atoms with Gasteiger partial charge in [-0.1, -0.05) is 0 Å². The van der Waals surface area contributed by atoms with E-state index in [1.165, 1.54) is 6.92 Å². The number of ketones is 1. The SMILES string of the molecule is CC(=O)c1c(C)c(C=O)cc2cc(Br)cn12.CCOC. The molecule has 0 amide bonds. The van der Waals surface area contributed by atoms with Crippen molar-refractivity contribution in [1.29, 1.82) is 0 Å². The lowest BCUT2D eigenvalue weighted by Gasteiger charge is -2.08. The Labute approximate surface area is 126 Å². The largest absolute Gasteiger partial charge is 0.385 e. The third-order valence-electron chi connectivity index (χ3n) is 2.90. The summed E-state index contributed by atoms with van der Waals surface area (Å²) in [5, 5.41) is 0. The molecule has 4 nitrogen and oxygen atoms in total. The van der Waals surface area contributed by atoms with Crippen LogP contribution in [0.4, 0.5) is 0 Å². The Bertz CT molecular complexity index is 630. The fourth-order valence-electron chi connectivity index (χ4n) is 1.89. The van der Waals surface area contributed by atoms with Crippen molar-refractivity contribution in [2.24, 2.45) is 0 Å². The number of nitrogens with zero attached hydrogens (tertiary/aromatic N) is 1. The molecule has 108 valence electrons. The first-order valence-corrected chi connectivity index (χ1v) is 7.01. The Morgan fingerprint density at radius 3 is 2.50 bits per heavy atom. The highest BCUT2D eigenvalue weighted by molar-refractivity contribution is 9.10. The minimum atomic E-state index is -0.0469. The number of carbonyl (C=O) groups is 2. The van der Waals surface area contributed by atoms with Gasteiger partial charge in [0.05, 0.1) is 5.69 Å². The molecule has 0 aliphatic heterocycles. The van der Waals surface area contributed by atoms with E-state index >= 15 is 0 Å². The summed E-state index contributed by atoms with van der Waals surface area (Å²) in [5.74, 6) is -0.0469. The molecule has 2 aromatic heterocycles. The van der Waals surface area contributed by atoms with Gasteiger partial charge in [-0.05, 0) is 47.5 Å². The summed E-state index contributed by atoms with van der Waals surface area (Å²) in [6, 6.07) is 3.65. The molecule has 0 aliphatic rings. The summed E-state index contributed by atoms with van der Waals surface area (Å²) in [4.78, 5) is 22.5. The van der Waals surface area contributed by atoms with Gasteiger partial charge in [-0.2, -0.15) is 0 Å². The third kappa shape index (κ3) is 3.55. The van der Waals surface area contributed by atoms with Crippen LogP contribution in [0.1, 0.15) is 40.3 Å². The van der Waals surface area contributed by atoms with Crippen LogP contribution in [-0.2, 0) is 4.74 Å². The van der Waals surface area contributed by atoms with E-state index < -0.39 is 0 Å². The molecule has 0 atom stereocenters. The summed E-state index contributed by atoms with van der Waals surface area (Å²) in [5.41, 5.74) is 2.68. The molecule has 0 bridgehead atoms. The van der Waals surface area contributed by atoms with E-state index in [9.17, 15) is 9.59 Å². The number of halogens is 1. The monoisotopic (exact) mass is 339 g/mol. The highest BCUT2D eigenvalue weighted by atomic mass is 79.9. The van der Waals surface area contributed by atoms with Crippen molar-refractivity contribution in [3.8, 4) is 0 Å². The van der Waals surface area contributed by atoms with Crippen molar-refractivity contribution in [1.82, 2.24) is 4.40 Å². The van der Waals surface area contributed by atoms with Crippen LogP contribution in [0.25, 0.3) is 5.52 Å². The first-order chi connectivity index (χ1) is 9.46. The maximum Gasteiger partial charge on any atom is 0.176 e. The van der Waals surface area contributed by atoms with Crippen LogP contribution in [0, 0.1) is 6.92 Å². The molecule has 0 spiro atoms. The van der Waals surface area contributed by atoms with Crippen LogP contribution in [-0.4, -0.2) is 30.2 Å². The topological polar surface area (TPSA) is 47.8 Å². The molecule has 0 saturated heterocycles. The van der Waals surface area contributed by atoms with Gasteiger partial charge in [-0.25, -0.2) is 0 Å². The highest BCUT2D eigenvalue weighted by Crippen LogP contribution is 2.22. The van der Waals surface area contributed by atoms with Crippen molar-refractivity contribution >= 4 is 33.5 Å². The van der Waals surface area contributed by atoms with Crippen molar-refractivity contribution in [3.63, 3.8) is 0 Å². The second-order valence-electron chi connectivity index (χ2n) is 4.28. The lowest BCUT2D eigenvalue weighted by atomic mass is 10.1. The van der Waals surface area contributed by atoms with Gasteiger partial charge in [0, 0.05) is 42.4 Å². The van der Waals surface area contributed by atoms with Crippen molar-refractivity contribution in [2.75, 3.05) is 13.7 Å². The molecule has 0 N–H and O–H groups in total. The van der Waals surface area contributed by atoms with Crippen molar-refractivity contribution in [3.05, 3.63) is 39.6 Å². The molecular formula is C15H18BrNO3. The summed E-state index contributed by atoms with van der Waals surface area (Å²) in [6.45, 7) is 6.07. The number of aldehydes is 1. The van der Waals surface area contributed by atoms with Gasteiger partial charge in [-0.3, -0.25) is 9.59 Å². The number of pyridine rings is 1. The maximum absolute atomic E-state index is 11.6. The van der Waals surface area contributed by atoms with Gasteiger partial charge < -0.3 is 9.14 Å². The zero-order valence-corrected chi connectivity index (χ0v) is 13.7. The predicted molar refractivity (Wildman–Crippen MR) is 82.8 cm³/mol. The lowest BCUT2D eigenvalue weighted by molar-refractivity contribution is 0.101. The number of fused-ring (bicyclic) bond motifs is 1. The zero-order chi connectivity index (χ0) is 15.3. The highest BCUT2D eigenvalue weighted by Gasteiger charge is 2.13. The second-order valence-corrected chi connectivity index (χ2v) is 5.19. The first-order valence-electron chi connectivity index (χ1n) is 6.22. The van der Waals surface area contributed by atoms with Crippen LogP contribution in [0.3, 0.4) is 0 Å². The van der Waals surface area contributed by atoms with Crippen LogP contribution < -0.4 is 0 Å². The average molecular weight is 340 g/mol. The summed E-state index contributed by atoms with van der Waals surface area (Å²) in [6.07, 6.45) is 2.61. The van der Waals surface area contributed by atoms with Crippen LogP contribution in [0.5, 0.6) is 0 Å². The zero-order valence-electron chi connectivity index (χ0n) is 12.1. The van der Waals surface area contributed by atoms with Crippen LogP contribution in [0.15, 0.2) is 22.8 Å². The second kappa shape index (κ2) is 7.36. The molecule has 2 heterocycles. The summed E-state index contributed by atoms with van der Waals surface area (Å²) in [7, 11) is 1.68. The van der Waals surface area contributed by atoms with E-state index in [1.54, 1.807) is 24.5 Å². The van der Waals surface area contributed by atoms with Gasteiger partial charge in [0.15, 0.2) is 5.78 Å². The molecule has 0 fully saturated rings. The van der Waals surface area contributed by atoms with E-state index in [2.05, 4.69) is 20.7 Å². The Kier molecular flexibility index (Phi) is 6.10. The molecule has 0 saturated carbocycles. The van der Waals surface area contributed by atoms with Gasteiger partial charge in [-0.15, -0.1) is 0 Å². The van der Waals surface area contributed by atoms with Gasteiger partial charge in [0.1, 0.15) is 6.29 Å². The Hall–Kier alpha value is -1.46. The van der Waals surface area contributed by atoms with E-state index in [-0.39, 0.29) is 5.78 Å². The standard InChI is InChI=1S/C12H10BrNO2.C3H8O/c1-7-9(6-15)3-11-4-10(13)5-14(11)12(7)8(2)16;1-3-4-2/h3-6H,1-2H3;3H2,1-2H3. The number of rotatable bonds is 3. The van der Waals surface area contributed by atoms with Crippen LogP contribution >= 0.6 is 15.9 Å². The summed E-state index contributed by atoms with van der Waals surface area (Å²) < 4.78 is 7.23. The van der Waals surface area contributed by atoms with Gasteiger partial charge >= 0.3 is 0 Å². The van der Waals surface area contributed by atoms with E-state index in [1.807, 2.05) is 19.2 Å². The number of aromatic nitrogens is 1. The van der Waals surface area contributed by atoms with E-state index in [0.717, 1.165) is 28.4 Å². The molecule has 0 radical (unpaired) electrons. The van der Waals surface area contributed by atoms with E-state index in [0.29, 0.717) is 11.3 Å². The average Bonchev–Trinajstić information content (AvgIpc) is 2.77. The molecule has 20 heavy (non-hydrogen) atoms. The Morgan fingerprint density at radius 2 is 2.05 bits per heavy atom. The molecule has 2 aromatic rings. The molecule has 0 unspecified atom stereocenters. The Balaban J connectivity index is 0.000000444. The number of Topliss-reactive ketones (excluding diaryl/α,β-unsaturated/α-hetero) is 1. The fraction of sp³-hybridized carbons (Fsp3) is 0.333. The number of carbonyl (C=O) groups excluding carboxylic acids is 2. The number of hydrogen-bond donors (Lipinski definition) is 0. The van der Waals surface area contributed by atoms with Gasteiger partial charge in [0.25, 0.3) is 0 Å². The molecular weight excluding hydrogens is 322 g/mol. The minimum Gasteiger partial charge on any atom is -0.385 e. The molecule has 5 heteroatoms. The van der Waals surface area contributed by atoms with Gasteiger partial charge in [0.2, 0.25) is 0 Å². The lowest BCUT2D eigenvalue weighted by Crippen LogP contribution is -2.07. The van der Waals surface area contributed by atoms with Crippen molar-refractivity contribution < 1.29 is 14.3 Å². The Morgan fingerprint density at radius 1 is 1.45 bits per heavy atom. The first kappa shape index (κ1) is 16.6. The minimum absolute atomic E-state index is 0.0469. The maximum atomic E-state index is 11.6. The normalized spacial score (nSPS) is 10.1. The van der Waals surface area contributed by atoms with E-state index in [4.69, 9.17) is 0 Å². The number of methoxy groups -OCH3 is 1. The predicted octanol–water partition coefficient (Wildman–Crippen LogP) is 3.68. The smallest absolute Gasteiger partial charge is 0.176 e. The third-order valence-corrected chi connectivity index (χ3v) is 3.33. The molecule has 0 aromatic carbocycles. The number of ether oxygens (including phenoxy) is 1. The molecule has 2 rings (SSSR count). The van der Waals surface area contributed by atoms with Crippen molar-refractivity contribution in [2.45, 2.75) is 20.8 Å². The van der Waals surface area contributed by atoms with Crippen LogP contribution in [0.2, 0.25) is 0 Å².